The molecule has 3 nitrogen and oxygen atoms in total. The van der Waals surface area contributed by atoms with E-state index < -0.39 is 5.60 Å². The fourth-order valence-electron chi connectivity index (χ4n) is 9.23. The zero-order valence-electron chi connectivity index (χ0n) is 21.1. The smallest absolute Gasteiger partial charge is 0.165 e. The van der Waals surface area contributed by atoms with Gasteiger partial charge in [-0.05, 0) is 79.4 Å². The number of hydrogen-bond acceptors (Lipinski definition) is 3. The minimum atomic E-state index is -1.18. The minimum Gasteiger partial charge on any atom is -0.381 e. The van der Waals surface area contributed by atoms with Gasteiger partial charge in [-0.1, -0.05) is 53.9 Å². The van der Waals surface area contributed by atoms with E-state index in [0.717, 1.165) is 30.6 Å². The van der Waals surface area contributed by atoms with Crippen molar-refractivity contribution in [1.29, 1.82) is 0 Å². The summed E-state index contributed by atoms with van der Waals surface area (Å²) in [4.78, 5) is 13.5. The maximum atomic E-state index is 13.5. The molecule has 0 aromatic carbocycles. The molecule has 3 heteroatoms. The zero-order valence-corrected chi connectivity index (χ0v) is 21.1. The predicted molar refractivity (Wildman–Crippen MR) is 126 cm³/mol. The Morgan fingerprint density at radius 1 is 1.03 bits per heavy atom. The van der Waals surface area contributed by atoms with Crippen molar-refractivity contribution in [2.75, 3.05) is 7.11 Å². The van der Waals surface area contributed by atoms with Crippen molar-refractivity contribution in [2.24, 2.45) is 46.3 Å². The first-order valence-electron chi connectivity index (χ1n) is 13.3. The van der Waals surface area contributed by atoms with E-state index >= 15 is 0 Å². The van der Waals surface area contributed by atoms with Crippen molar-refractivity contribution >= 4 is 5.78 Å². The Hall–Kier alpha value is -0.410. The van der Waals surface area contributed by atoms with E-state index in [1.165, 1.54) is 44.9 Å². The molecule has 178 valence electrons. The molecule has 0 radical (unpaired) electrons. The van der Waals surface area contributed by atoms with E-state index in [9.17, 15) is 9.90 Å². The number of fused-ring (bicyclic) bond motifs is 5. The quantitative estimate of drug-likeness (QED) is 0.527. The van der Waals surface area contributed by atoms with Crippen LogP contribution in [0.3, 0.4) is 0 Å². The molecular formula is C28H48O3. The Morgan fingerprint density at radius 2 is 1.77 bits per heavy atom. The van der Waals surface area contributed by atoms with Gasteiger partial charge >= 0.3 is 0 Å². The number of carbonyl (C=O) groups excluding carboxylic acids is 1. The lowest BCUT2D eigenvalue weighted by atomic mass is 9.42. The SMILES string of the molecule is CO[C@@H]1CC[C@]2(C)[C@@H]3CC[C@]4(C)[C@@H]([C@H](C)CCCC(C)C)CC[C@H]4[C@H]3CC(=O)[C@@]2(O)C1. The number of hydrogen-bond donors (Lipinski definition) is 1. The number of carbonyl (C=O) groups is 1. The Morgan fingerprint density at radius 3 is 2.45 bits per heavy atom. The Labute approximate surface area is 191 Å². The predicted octanol–water partition coefficient (Wildman–Crippen LogP) is 6.42. The Kier molecular flexibility index (Phi) is 6.45. The van der Waals surface area contributed by atoms with Gasteiger partial charge in [0.25, 0.3) is 0 Å². The number of ether oxygens (including phenoxy) is 1. The first-order chi connectivity index (χ1) is 14.6. The van der Waals surface area contributed by atoms with Gasteiger partial charge in [0.15, 0.2) is 5.78 Å². The molecule has 0 aliphatic heterocycles. The van der Waals surface area contributed by atoms with Gasteiger partial charge in [0.1, 0.15) is 5.60 Å². The second-order valence-electron chi connectivity index (χ2n) is 12.9. The highest BCUT2D eigenvalue weighted by molar-refractivity contribution is 5.89. The lowest BCUT2D eigenvalue weighted by Crippen LogP contribution is -2.67. The first-order valence-corrected chi connectivity index (χ1v) is 13.3. The van der Waals surface area contributed by atoms with Crippen molar-refractivity contribution in [3.63, 3.8) is 0 Å². The van der Waals surface area contributed by atoms with Crippen LogP contribution in [0.1, 0.15) is 105 Å². The lowest BCUT2D eigenvalue weighted by molar-refractivity contribution is -0.215. The van der Waals surface area contributed by atoms with Gasteiger partial charge in [-0.15, -0.1) is 0 Å². The molecule has 4 saturated carbocycles. The van der Waals surface area contributed by atoms with Crippen LogP contribution in [0.4, 0.5) is 0 Å². The summed E-state index contributed by atoms with van der Waals surface area (Å²) in [5.41, 5.74) is -1.07. The summed E-state index contributed by atoms with van der Waals surface area (Å²) in [6.07, 6.45) is 12.2. The van der Waals surface area contributed by atoms with Crippen molar-refractivity contribution in [3.05, 3.63) is 0 Å². The van der Waals surface area contributed by atoms with E-state index in [4.69, 9.17) is 4.74 Å². The molecule has 0 spiro atoms. The summed E-state index contributed by atoms with van der Waals surface area (Å²) in [6.45, 7) is 12.0. The average molecular weight is 433 g/mol. The standard InChI is InChI=1S/C28H48O3/c1-18(2)8-7-9-19(3)22-10-11-23-21-16-25(29)28(30)17-20(31-6)12-15-27(28,5)24(21)13-14-26(22,23)4/h18-24,30H,7-17H2,1-6H3/t19-,20-,21-,22-,23+,24-,26-,27-,28+/m1/s1. The summed E-state index contributed by atoms with van der Waals surface area (Å²) >= 11 is 0. The molecule has 0 aromatic rings. The van der Waals surface area contributed by atoms with Crippen molar-refractivity contribution in [3.8, 4) is 0 Å². The summed E-state index contributed by atoms with van der Waals surface area (Å²) in [6, 6.07) is 0. The van der Waals surface area contributed by atoms with Gasteiger partial charge in [-0.2, -0.15) is 0 Å². The largest absolute Gasteiger partial charge is 0.381 e. The molecule has 1 N–H and O–H groups in total. The van der Waals surface area contributed by atoms with Crippen LogP contribution in [0.5, 0.6) is 0 Å². The third-order valence-electron chi connectivity index (χ3n) is 11.1. The normalized spacial score (nSPS) is 48.3. The molecule has 0 unspecified atom stereocenters. The van der Waals surface area contributed by atoms with E-state index in [1.54, 1.807) is 7.11 Å². The van der Waals surface area contributed by atoms with Crippen LogP contribution in [0, 0.1) is 46.3 Å². The minimum absolute atomic E-state index is 0.0231. The van der Waals surface area contributed by atoms with Crippen molar-refractivity contribution in [1.82, 2.24) is 0 Å². The van der Waals surface area contributed by atoms with Crippen LogP contribution in [-0.4, -0.2) is 29.7 Å². The number of methoxy groups -OCH3 is 1. The van der Waals surface area contributed by atoms with Crippen molar-refractivity contribution in [2.45, 2.75) is 117 Å². The molecule has 0 heterocycles. The molecule has 4 fully saturated rings. The molecule has 31 heavy (non-hydrogen) atoms. The van der Waals surface area contributed by atoms with Gasteiger partial charge in [-0.25, -0.2) is 0 Å². The molecule has 0 aromatic heterocycles. The topological polar surface area (TPSA) is 46.5 Å². The van der Waals surface area contributed by atoms with Crippen LogP contribution < -0.4 is 0 Å². The number of rotatable bonds is 6. The second kappa shape index (κ2) is 8.42. The van der Waals surface area contributed by atoms with Gasteiger partial charge in [0.05, 0.1) is 6.10 Å². The number of Topliss-reactive ketones (excluding diaryl/α,β-unsaturated/α-hetero) is 1. The first kappa shape index (κ1) is 23.7. The summed E-state index contributed by atoms with van der Waals surface area (Å²) in [7, 11) is 1.72. The van der Waals surface area contributed by atoms with Crippen LogP contribution in [0.15, 0.2) is 0 Å². The van der Waals surface area contributed by atoms with Crippen molar-refractivity contribution < 1.29 is 14.6 Å². The molecule has 0 amide bonds. The second-order valence-corrected chi connectivity index (χ2v) is 12.9. The lowest BCUT2D eigenvalue weighted by Gasteiger charge is -2.63. The highest BCUT2D eigenvalue weighted by Crippen LogP contribution is 2.68. The van der Waals surface area contributed by atoms with E-state index in [0.29, 0.717) is 36.0 Å². The maximum absolute atomic E-state index is 13.5. The van der Waals surface area contributed by atoms with E-state index in [2.05, 4.69) is 34.6 Å². The maximum Gasteiger partial charge on any atom is 0.165 e. The summed E-state index contributed by atoms with van der Waals surface area (Å²) in [5, 5.41) is 11.7. The molecule has 4 rings (SSSR count). The number of aliphatic hydroxyl groups is 1. The number of ketones is 1. The monoisotopic (exact) mass is 432 g/mol. The van der Waals surface area contributed by atoms with Gasteiger partial charge < -0.3 is 9.84 Å². The molecule has 4 aliphatic rings. The van der Waals surface area contributed by atoms with Gasteiger partial charge in [-0.3, -0.25) is 4.79 Å². The highest BCUT2D eigenvalue weighted by atomic mass is 16.5. The molecule has 0 saturated heterocycles. The van der Waals surface area contributed by atoms with E-state index in [1.807, 2.05) is 0 Å². The summed E-state index contributed by atoms with van der Waals surface area (Å²) < 4.78 is 5.60. The fourth-order valence-corrected chi connectivity index (χ4v) is 9.23. The third-order valence-corrected chi connectivity index (χ3v) is 11.1. The van der Waals surface area contributed by atoms with Crippen LogP contribution in [-0.2, 0) is 9.53 Å². The van der Waals surface area contributed by atoms with Crippen LogP contribution in [0.25, 0.3) is 0 Å². The Bertz CT molecular complexity index is 673. The van der Waals surface area contributed by atoms with Gasteiger partial charge in [0, 0.05) is 25.4 Å². The fraction of sp³-hybridized carbons (Fsp3) is 0.964. The highest BCUT2D eigenvalue weighted by Gasteiger charge is 2.67. The molecule has 0 bridgehead atoms. The summed E-state index contributed by atoms with van der Waals surface area (Å²) in [5.74, 6) is 4.14. The van der Waals surface area contributed by atoms with E-state index in [-0.39, 0.29) is 17.3 Å². The molecule has 9 atom stereocenters. The third kappa shape index (κ3) is 3.65. The molecular weight excluding hydrogens is 384 g/mol. The van der Waals surface area contributed by atoms with Crippen LogP contribution >= 0.6 is 0 Å². The Balaban J connectivity index is 1.53. The zero-order chi connectivity index (χ0) is 22.6. The van der Waals surface area contributed by atoms with Crippen LogP contribution in [0.2, 0.25) is 0 Å². The molecule has 4 aliphatic carbocycles. The average Bonchev–Trinajstić information content (AvgIpc) is 3.06. The van der Waals surface area contributed by atoms with Gasteiger partial charge in [0.2, 0.25) is 0 Å².